The molecule has 0 aliphatic rings. The summed E-state index contributed by atoms with van der Waals surface area (Å²) in [7, 11) is 6.57. The number of aromatic nitrogens is 4. The number of fused-ring (bicyclic) bond motifs is 1. The maximum Gasteiger partial charge on any atom is 0.357 e. The Morgan fingerprint density at radius 1 is 1.22 bits per heavy atom. The normalized spacial score (nSPS) is 11.5. The molecular weight excluding hydrogens is 464 g/mol. The van der Waals surface area contributed by atoms with E-state index in [9.17, 15) is 14.7 Å². The van der Waals surface area contributed by atoms with Crippen LogP contribution in [-0.2, 0) is 12.0 Å². The highest BCUT2D eigenvalue weighted by Gasteiger charge is 2.29. The Kier molecular flexibility index (Phi) is 7.83. The number of aliphatic hydroxyl groups excluding tert-OH is 1. The first-order chi connectivity index (χ1) is 16.9. The van der Waals surface area contributed by atoms with Gasteiger partial charge in [0.05, 0.1) is 13.7 Å². The third kappa shape index (κ3) is 5.25. The van der Waals surface area contributed by atoms with Gasteiger partial charge in [-0.2, -0.15) is 0 Å². The second kappa shape index (κ2) is 10.5. The largest absolute Gasteiger partial charge is 0.493 e. The van der Waals surface area contributed by atoms with E-state index in [1.807, 2.05) is 33.8 Å². The fourth-order valence-corrected chi connectivity index (χ4v) is 3.91. The maximum atomic E-state index is 13.5. The molecule has 2 N–H and O–H groups in total. The predicted octanol–water partition coefficient (Wildman–Crippen LogP) is 1.63. The van der Waals surface area contributed by atoms with Crippen LogP contribution in [-0.4, -0.2) is 77.9 Å². The Morgan fingerprint density at radius 2 is 1.92 bits per heavy atom. The Morgan fingerprint density at radius 3 is 2.47 bits per heavy atom. The van der Waals surface area contributed by atoms with Crippen molar-refractivity contribution in [2.45, 2.75) is 39.7 Å². The topological polar surface area (TPSA) is 122 Å². The summed E-state index contributed by atoms with van der Waals surface area (Å²) < 4.78 is 14.4. The Balaban J connectivity index is 2.09. The van der Waals surface area contributed by atoms with Crippen molar-refractivity contribution in [3.05, 3.63) is 40.6 Å². The minimum atomic E-state index is -0.331. The van der Waals surface area contributed by atoms with Crippen molar-refractivity contribution in [2.75, 3.05) is 46.8 Å². The van der Waals surface area contributed by atoms with Crippen molar-refractivity contribution in [1.29, 1.82) is 0 Å². The van der Waals surface area contributed by atoms with E-state index in [2.05, 4.69) is 15.5 Å². The average molecular weight is 500 g/mol. The number of nitrogens with zero attached hydrogens (tertiary/aromatic N) is 5. The molecule has 0 bridgehead atoms. The fourth-order valence-electron chi connectivity index (χ4n) is 3.91. The first-order valence-electron chi connectivity index (χ1n) is 11.6. The smallest absolute Gasteiger partial charge is 0.357 e. The SMILES string of the molecule is CNc1n[n+](CC(=O)c2cc(OCCO)c(OC)c(C(C)(C)C)c2)c2c(C)cc(C(=O)N(C)C)nn12. The zero-order valence-electron chi connectivity index (χ0n) is 22.2. The summed E-state index contributed by atoms with van der Waals surface area (Å²) >= 11 is 0. The molecule has 2 aromatic heterocycles. The van der Waals surface area contributed by atoms with Crippen LogP contribution in [0.3, 0.4) is 0 Å². The Hall–Kier alpha value is -3.73. The van der Waals surface area contributed by atoms with Crippen LogP contribution in [0, 0.1) is 6.92 Å². The summed E-state index contributed by atoms with van der Waals surface area (Å²) in [4.78, 5) is 27.5. The van der Waals surface area contributed by atoms with Crippen LogP contribution < -0.4 is 19.5 Å². The Bertz CT molecular complexity index is 1290. The van der Waals surface area contributed by atoms with Gasteiger partial charge >= 0.3 is 11.6 Å². The van der Waals surface area contributed by atoms with Crippen LogP contribution in [0.1, 0.15) is 52.7 Å². The van der Waals surface area contributed by atoms with E-state index in [-0.39, 0.29) is 42.6 Å². The number of amides is 1. The lowest BCUT2D eigenvalue weighted by atomic mass is 9.84. The van der Waals surface area contributed by atoms with Gasteiger partial charge in [-0.1, -0.05) is 30.4 Å². The molecule has 3 rings (SSSR count). The molecule has 0 spiro atoms. The van der Waals surface area contributed by atoms with Gasteiger partial charge in [0.15, 0.2) is 23.7 Å². The van der Waals surface area contributed by atoms with E-state index in [4.69, 9.17) is 9.47 Å². The summed E-state index contributed by atoms with van der Waals surface area (Å²) in [5.74, 6) is 0.886. The molecule has 3 aromatic rings. The van der Waals surface area contributed by atoms with Crippen LogP contribution in [0.15, 0.2) is 18.2 Å². The van der Waals surface area contributed by atoms with Crippen LogP contribution >= 0.6 is 0 Å². The highest BCUT2D eigenvalue weighted by molar-refractivity contribution is 5.96. The van der Waals surface area contributed by atoms with Gasteiger partial charge in [0, 0.05) is 37.8 Å². The second-order valence-electron chi connectivity index (χ2n) is 9.68. The molecule has 194 valence electrons. The van der Waals surface area contributed by atoms with E-state index in [1.54, 1.807) is 45.1 Å². The number of ketones is 1. The van der Waals surface area contributed by atoms with Crippen molar-refractivity contribution in [3.63, 3.8) is 0 Å². The van der Waals surface area contributed by atoms with E-state index in [1.165, 1.54) is 9.42 Å². The van der Waals surface area contributed by atoms with Gasteiger partial charge < -0.3 is 24.8 Å². The summed E-state index contributed by atoms with van der Waals surface area (Å²) in [5.41, 5.74) is 2.51. The van der Waals surface area contributed by atoms with Crippen LogP contribution in [0.25, 0.3) is 5.65 Å². The van der Waals surface area contributed by atoms with Gasteiger partial charge in [0.25, 0.3) is 5.91 Å². The number of carbonyl (C=O) groups is 2. The first kappa shape index (κ1) is 26.9. The number of anilines is 1. The van der Waals surface area contributed by atoms with Crippen LogP contribution in [0.2, 0.25) is 0 Å². The fraction of sp³-hybridized carbons (Fsp3) is 0.480. The predicted molar refractivity (Wildman–Crippen MR) is 134 cm³/mol. The third-order valence-corrected chi connectivity index (χ3v) is 5.65. The summed E-state index contributed by atoms with van der Waals surface area (Å²) in [6.07, 6.45) is 0. The molecule has 11 nitrogen and oxygen atoms in total. The number of benzene rings is 1. The summed E-state index contributed by atoms with van der Waals surface area (Å²) in [6, 6.07) is 5.12. The van der Waals surface area contributed by atoms with Crippen molar-refractivity contribution in [1.82, 2.24) is 19.6 Å². The molecule has 1 aromatic carbocycles. The number of hydrogen-bond donors (Lipinski definition) is 2. The molecule has 0 aliphatic heterocycles. The number of carbonyl (C=O) groups excluding carboxylic acids is 2. The minimum Gasteiger partial charge on any atom is -0.493 e. The van der Waals surface area contributed by atoms with Gasteiger partial charge in [-0.05, 0) is 35.6 Å². The molecule has 1 amide bonds. The number of aryl methyl sites for hydroxylation is 1. The molecule has 0 unspecified atom stereocenters. The van der Waals surface area contributed by atoms with Gasteiger partial charge in [0.1, 0.15) is 6.61 Å². The van der Waals surface area contributed by atoms with E-state index < -0.39 is 0 Å². The lowest BCUT2D eigenvalue weighted by Crippen LogP contribution is -2.41. The number of rotatable bonds is 9. The summed E-state index contributed by atoms with van der Waals surface area (Å²) in [6.45, 7) is 7.75. The molecule has 0 aliphatic carbocycles. The van der Waals surface area contributed by atoms with Crippen LogP contribution in [0.5, 0.6) is 11.5 Å². The highest BCUT2D eigenvalue weighted by Crippen LogP contribution is 2.39. The van der Waals surface area contributed by atoms with Crippen LogP contribution in [0.4, 0.5) is 5.95 Å². The number of aliphatic hydroxyl groups is 1. The zero-order chi connectivity index (χ0) is 26.8. The molecule has 36 heavy (non-hydrogen) atoms. The van der Waals surface area contributed by atoms with Crippen molar-refractivity contribution >= 4 is 23.3 Å². The minimum absolute atomic E-state index is 0.0655. The first-order valence-corrected chi connectivity index (χ1v) is 11.6. The quantitative estimate of drug-likeness (QED) is 0.337. The van der Waals surface area contributed by atoms with Gasteiger partial charge in [-0.15, -0.1) is 4.68 Å². The van der Waals surface area contributed by atoms with Gasteiger partial charge in [-0.25, -0.2) is 0 Å². The molecule has 2 heterocycles. The molecule has 0 saturated carbocycles. The number of Topliss-reactive ketones (excluding diaryl/α,β-unsaturated/α-hetero) is 1. The highest BCUT2D eigenvalue weighted by atomic mass is 16.5. The third-order valence-electron chi connectivity index (χ3n) is 5.65. The second-order valence-corrected chi connectivity index (χ2v) is 9.68. The maximum absolute atomic E-state index is 13.5. The van der Waals surface area contributed by atoms with Gasteiger partial charge in [-0.3, -0.25) is 9.59 Å². The molecule has 0 radical (unpaired) electrons. The number of hydrogen-bond acceptors (Lipinski definition) is 8. The van der Waals surface area contributed by atoms with Crippen molar-refractivity contribution in [2.24, 2.45) is 0 Å². The van der Waals surface area contributed by atoms with Gasteiger partial charge in [0.2, 0.25) is 5.78 Å². The average Bonchev–Trinajstić information content (AvgIpc) is 3.18. The molecule has 0 saturated heterocycles. The van der Waals surface area contributed by atoms with E-state index in [0.717, 1.165) is 11.1 Å². The Labute approximate surface area is 210 Å². The molecule has 0 atom stereocenters. The summed E-state index contributed by atoms with van der Waals surface area (Å²) in [5, 5.41) is 21.2. The number of ether oxygens (including phenoxy) is 2. The van der Waals surface area contributed by atoms with Crippen molar-refractivity contribution in [3.8, 4) is 11.5 Å². The lowest BCUT2D eigenvalue weighted by Gasteiger charge is -2.24. The molecule has 0 fully saturated rings. The molecular formula is C25H35N6O5+. The zero-order valence-corrected chi connectivity index (χ0v) is 22.2. The molecule has 11 heteroatoms. The monoisotopic (exact) mass is 499 g/mol. The number of methoxy groups -OCH3 is 1. The number of nitrogens with one attached hydrogen (secondary N) is 1. The van der Waals surface area contributed by atoms with E-state index in [0.29, 0.717) is 28.7 Å². The van der Waals surface area contributed by atoms with Crippen molar-refractivity contribution < 1.29 is 28.9 Å². The van der Waals surface area contributed by atoms with E-state index >= 15 is 0 Å². The lowest BCUT2D eigenvalue weighted by molar-refractivity contribution is -0.714. The standard InChI is InChI=1S/C25H35N6O5/c1-15-11-18(23(34)29(6)7)27-31-22(15)30(28-24(31)26-5)14-19(33)16-12-17(25(2,3)4)21(35-8)20(13-16)36-10-9-32/h11-13,32H,9-10,14H2,1-8H3,(H,26,28)/q+1.